The summed E-state index contributed by atoms with van der Waals surface area (Å²) in [7, 11) is 0. The van der Waals surface area contributed by atoms with Crippen molar-refractivity contribution < 1.29 is 4.39 Å². The third-order valence-corrected chi connectivity index (χ3v) is 2.53. The number of aromatic nitrogens is 2. The van der Waals surface area contributed by atoms with Gasteiger partial charge < -0.3 is 5.32 Å². The van der Waals surface area contributed by atoms with E-state index in [0.29, 0.717) is 5.69 Å². The first-order valence-electron chi connectivity index (χ1n) is 4.75. The van der Waals surface area contributed by atoms with Crippen molar-refractivity contribution in [3.63, 3.8) is 0 Å². The van der Waals surface area contributed by atoms with Crippen molar-refractivity contribution in [2.24, 2.45) is 0 Å². The summed E-state index contributed by atoms with van der Waals surface area (Å²) >= 11 is 11.5. The predicted octanol–water partition coefficient (Wildman–Crippen LogP) is 3.54. The van der Waals surface area contributed by atoms with E-state index in [4.69, 9.17) is 28.5 Å². The highest BCUT2D eigenvalue weighted by molar-refractivity contribution is 6.33. The van der Waals surface area contributed by atoms with E-state index in [1.165, 1.54) is 18.3 Å². The monoisotopic (exact) mass is 282 g/mol. The Hall–Kier alpha value is -1.90. The largest absolute Gasteiger partial charge is 0.338 e. The minimum Gasteiger partial charge on any atom is -0.338 e. The minimum absolute atomic E-state index is 0.0162. The summed E-state index contributed by atoms with van der Waals surface area (Å²) in [6, 6.07) is 5.62. The second-order valence-electron chi connectivity index (χ2n) is 3.26. The lowest BCUT2D eigenvalue weighted by atomic mass is 10.2. The molecular formula is C11H5Cl2FN4. The van der Waals surface area contributed by atoms with E-state index in [9.17, 15) is 4.39 Å². The van der Waals surface area contributed by atoms with Crippen LogP contribution < -0.4 is 5.32 Å². The second-order valence-corrected chi connectivity index (χ2v) is 4.01. The number of nitrogens with one attached hydrogen (secondary N) is 1. The Labute approximate surface area is 112 Å². The number of anilines is 2. The third kappa shape index (κ3) is 2.67. The molecule has 0 radical (unpaired) electrons. The van der Waals surface area contributed by atoms with E-state index >= 15 is 0 Å². The van der Waals surface area contributed by atoms with E-state index in [1.54, 1.807) is 0 Å². The Bertz CT molecular complexity index is 639. The molecule has 2 aromatic rings. The molecule has 0 amide bonds. The molecule has 18 heavy (non-hydrogen) atoms. The van der Waals surface area contributed by atoms with Crippen LogP contribution in [-0.2, 0) is 0 Å². The average Bonchev–Trinajstić information content (AvgIpc) is 2.36. The van der Waals surface area contributed by atoms with Gasteiger partial charge in [-0.2, -0.15) is 10.2 Å². The highest BCUT2D eigenvalue weighted by atomic mass is 35.5. The van der Waals surface area contributed by atoms with Crippen LogP contribution in [0.1, 0.15) is 5.56 Å². The highest BCUT2D eigenvalue weighted by Gasteiger charge is 2.08. The van der Waals surface area contributed by atoms with Crippen LogP contribution in [0.25, 0.3) is 0 Å². The molecule has 0 aliphatic heterocycles. The molecule has 0 aliphatic rings. The Morgan fingerprint density at radius 3 is 2.83 bits per heavy atom. The first-order valence-corrected chi connectivity index (χ1v) is 5.50. The van der Waals surface area contributed by atoms with Gasteiger partial charge >= 0.3 is 0 Å². The second kappa shape index (κ2) is 5.17. The summed E-state index contributed by atoms with van der Waals surface area (Å²) < 4.78 is 13.0. The molecule has 0 spiro atoms. The van der Waals surface area contributed by atoms with Crippen LogP contribution in [0.15, 0.2) is 24.4 Å². The molecular weight excluding hydrogens is 278 g/mol. The van der Waals surface area contributed by atoms with Crippen molar-refractivity contribution in [3.05, 3.63) is 46.1 Å². The average molecular weight is 283 g/mol. The molecule has 0 fully saturated rings. The van der Waals surface area contributed by atoms with Gasteiger partial charge in [-0.15, -0.1) is 0 Å². The molecule has 1 heterocycles. The number of rotatable bonds is 2. The first-order chi connectivity index (χ1) is 8.60. The smallest absolute Gasteiger partial charge is 0.224 e. The lowest BCUT2D eigenvalue weighted by Gasteiger charge is -2.08. The zero-order valence-corrected chi connectivity index (χ0v) is 10.3. The number of benzene rings is 1. The molecule has 0 aliphatic carbocycles. The fourth-order valence-electron chi connectivity index (χ4n) is 1.28. The molecule has 0 atom stereocenters. The minimum atomic E-state index is -0.496. The summed E-state index contributed by atoms with van der Waals surface area (Å²) in [5.41, 5.74) is 0.524. The van der Waals surface area contributed by atoms with Crippen LogP contribution in [0.3, 0.4) is 0 Å². The lowest BCUT2D eigenvalue weighted by Crippen LogP contribution is -1.98. The molecule has 90 valence electrons. The molecule has 1 N–H and O–H groups in total. The van der Waals surface area contributed by atoms with Crippen LogP contribution >= 0.6 is 23.2 Å². The van der Waals surface area contributed by atoms with E-state index in [2.05, 4.69) is 15.3 Å². The van der Waals surface area contributed by atoms with Gasteiger partial charge in [0.15, 0.2) is 5.82 Å². The maximum Gasteiger partial charge on any atom is 0.224 e. The fraction of sp³-hybridized carbons (Fsp3) is 0. The Morgan fingerprint density at radius 2 is 2.11 bits per heavy atom. The number of halogens is 3. The van der Waals surface area contributed by atoms with Crippen LogP contribution in [-0.4, -0.2) is 9.97 Å². The molecule has 0 unspecified atom stereocenters. The summed E-state index contributed by atoms with van der Waals surface area (Å²) in [4.78, 5) is 7.57. The molecule has 1 aromatic heterocycles. The lowest BCUT2D eigenvalue weighted by molar-refractivity contribution is 0.627. The van der Waals surface area contributed by atoms with Gasteiger partial charge in [0.1, 0.15) is 16.9 Å². The molecule has 2 rings (SSSR count). The predicted molar refractivity (Wildman–Crippen MR) is 66.4 cm³/mol. The van der Waals surface area contributed by atoms with Crippen molar-refractivity contribution in [1.82, 2.24) is 9.97 Å². The zero-order valence-electron chi connectivity index (χ0n) is 8.78. The topological polar surface area (TPSA) is 61.6 Å². The number of nitriles is 1. The highest BCUT2D eigenvalue weighted by Crippen LogP contribution is 2.25. The van der Waals surface area contributed by atoms with Gasteiger partial charge in [0.05, 0.1) is 17.4 Å². The quantitative estimate of drug-likeness (QED) is 0.856. The molecule has 0 saturated heterocycles. The molecule has 1 aromatic carbocycles. The van der Waals surface area contributed by atoms with E-state index < -0.39 is 5.82 Å². The van der Waals surface area contributed by atoms with Crippen LogP contribution in [0, 0.1) is 17.1 Å². The first kappa shape index (κ1) is 12.6. The normalized spacial score (nSPS) is 9.89. The fourth-order valence-corrected chi connectivity index (χ4v) is 1.55. The van der Waals surface area contributed by atoms with Crippen LogP contribution in [0.2, 0.25) is 10.3 Å². The third-order valence-electron chi connectivity index (χ3n) is 2.07. The number of nitrogens with zero attached hydrogens (tertiary/aromatic N) is 3. The summed E-state index contributed by atoms with van der Waals surface area (Å²) in [6.07, 6.45) is 1.33. The number of hydrogen-bond donors (Lipinski definition) is 1. The van der Waals surface area contributed by atoms with Gasteiger partial charge in [-0.1, -0.05) is 11.6 Å². The molecule has 4 nitrogen and oxygen atoms in total. The Balaban J connectivity index is 2.40. The van der Waals surface area contributed by atoms with Crippen molar-refractivity contribution in [2.75, 3.05) is 5.32 Å². The molecule has 0 saturated carbocycles. The van der Waals surface area contributed by atoms with Gasteiger partial charge in [-0.25, -0.2) is 9.37 Å². The van der Waals surface area contributed by atoms with E-state index in [1.807, 2.05) is 6.07 Å². The summed E-state index contributed by atoms with van der Waals surface area (Å²) in [6.45, 7) is 0. The van der Waals surface area contributed by atoms with E-state index in [0.717, 1.165) is 6.07 Å². The Kier molecular flexibility index (Phi) is 3.60. The van der Waals surface area contributed by atoms with Crippen molar-refractivity contribution in [1.29, 1.82) is 5.26 Å². The van der Waals surface area contributed by atoms with Gasteiger partial charge in [0, 0.05) is 0 Å². The SMILES string of the molecule is N#Cc1cc(F)ccc1Nc1nc(Cl)ncc1Cl. The van der Waals surface area contributed by atoms with Gasteiger partial charge in [0.25, 0.3) is 0 Å². The maximum atomic E-state index is 13.0. The van der Waals surface area contributed by atoms with Gasteiger partial charge in [0.2, 0.25) is 5.28 Å². The van der Waals surface area contributed by atoms with Gasteiger partial charge in [-0.3, -0.25) is 0 Å². The summed E-state index contributed by atoms with van der Waals surface area (Å²) in [5.74, 6) is -0.247. The van der Waals surface area contributed by atoms with Crippen molar-refractivity contribution in [3.8, 4) is 6.07 Å². The van der Waals surface area contributed by atoms with Crippen molar-refractivity contribution >= 4 is 34.7 Å². The maximum absolute atomic E-state index is 13.0. The summed E-state index contributed by atoms with van der Waals surface area (Å²) in [5, 5.41) is 12.0. The van der Waals surface area contributed by atoms with E-state index in [-0.39, 0.29) is 21.7 Å². The van der Waals surface area contributed by atoms with Gasteiger partial charge in [-0.05, 0) is 29.8 Å². The van der Waals surface area contributed by atoms with Crippen molar-refractivity contribution in [2.45, 2.75) is 0 Å². The molecule has 7 heteroatoms. The Morgan fingerprint density at radius 1 is 1.33 bits per heavy atom. The number of hydrogen-bond acceptors (Lipinski definition) is 4. The van der Waals surface area contributed by atoms with Crippen LogP contribution in [0.5, 0.6) is 0 Å². The standard InChI is InChI=1S/C11H5Cl2FN4/c12-8-5-16-11(13)18-10(8)17-9-2-1-7(14)3-6(9)4-15/h1-3,5H,(H,16,17,18). The zero-order chi connectivity index (χ0) is 13.1. The van der Waals surface area contributed by atoms with Crippen LogP contribution in [0.4, 0.5) is 15.9 Å². The molecule has 0 bridgehead atoms.